The van der Waals surface area contributed by atoms with E-state index in [1.165, 1.54) is 15.6 Å². The van der Waals surface area contributed by atoms with Gasteiger partial charge in [-0.1, -0.05) is 0 Å². The number of anilines is 1. The van der Waals surface area contributed by atoms with Gasteiger partial charge in [-0.3, -0.25) is 4.79 Å². The zero-order chi connectivity index (χ0) is 19.7. The summed E-state index contributed by atoms with van der Waals surface area (Å²) in [7, 11) is -3.52. The van der Waals surface area contributed by atoms with Crippen molar-refractivity contribution >= 4 is 49.0 Å². The average Bonchev–Trinajstić information content (AvgIpc) is 3.40. The number of nitrogens with zero attached hydrogens (tertiary/aromatic N) is 5. The SMILES string of the molecule is O=C(c1ccc(N2CCCC2)nn1)N1CCN(S(=O)(=O)c2ccc(Br)s2)CC1. The second-order valence-electron chi connectivity index (χ2n) is 6.73. The summed E-state index contributed by atoms with van der Waals surface area (Å²) >= 11 is 4.48. The van der Waals surface area contributed by atoms with Crippen LogP contribution in [0.15, 0.2) is 32.3 Å². The number of hydrogen-bond donors (Lipinski definition) is 0. The molecule has 150 valence electrons. The Morgan fingerprint density at radius 2 is 1.68 bits per heavy atom. The molecule has 0 N–H and O–H groups in total. The number of carbonyl (C=O) groups is 1. The lowest BCUT2D eigenvalue weighted by molar-refractivity contribution is 0.0691. The molecule has 0 saturated carbocycles. The van der Waals surface area contributed by atoms with Crippen molar-refractivity contribution < 1.29 is 13.2 Å². The van der Waals surface area contributed by atoms with E-state index in [0.717, 1.165) is 35.5 Å². The van der Waals surface area contributed by atoms with Crippen LogP contribution in [-0.4, -0.2) is 73.0 Å². The summed E-state index contributed by atoms with van der Waals surface area (Å²) in [5, 5.41) is 8.29. The monoisotopic (exact) mass is 485 g/mol. The van der Waals surface area contributed by atoms with Crippen LogP contribution in [-0.2, 0) is 10.0 Å². The van der Waals surface area contributed by atoms with Gasteiger partial charge in [0.15, 0.2) is 11.5 Å². The van der Waals surface area contributed by atoms with Crippen LogP contribution in [0.25, 0.3) is 0 Å². The molecule has 11 heteroatoms. The largest absolute Gasteiger partial charge is 0.355 e. The summed E-state index contributed by atoms with van der Waals surface area (Å²) < 4.78 is 27.9. The molecular formula is C17H20BrN5O3S2. The minimum absolute atomic E-state index is 0.212. The van der Waals surface area contributed by atoms with E-state index in [9.17, 15) is 13.2 Å². The smallest absolute Gasteiger partial charge is 0.274 e. The van der Waals surface area contributed by atoms with E-state index in [1.807, 2.05) is 6.07 Å². The molecule has 8 nitrogen and oxygen atoms in total. The molecule has 0 atom stereocenters. The summed E-state index contributed by atoms with van der Waals surface area (Å²) in [4.78, 5) is 16.5. The highest BCUT2D eigenvalue weighted by Crippen LogP contribution is 2.29. The number of amides is 1. The summed E-state index contributed by atoms with van der Waals surface area (Å²) in [5.74, 6) is 0.587. The summed E-state index contributed by atoms with van der Waals surface area (Å²) in [6.45, 7) is 3.14. The maximum absolute atomic E-state index is 12.7. The Labute approximate surface area is 176 Å². The molecule has 4 heterocycles. The average molecular weight is 486 g/mol. The van der Waals surface area contributed by atoms with Crippen molar-refractivity contribution in [2.75, 3.05) is 44.2 Å². The van der Waals surface area contributed by atoms with Crippen LogP contribution in [0.2, 0.25) is 0 Å². The quantitative estimate of drug-likeness (QED) is 0.658. The van der Waals surface area contributed by atoms with E-state index in [1.54, 1.807) is 23.1 Å². The zero-order valence-corrected chi connectivity index (χ0v) is 18.3. The van der Waals surface area contributed by atoms with E-state index in [-0.39, 0.29) is 19.0 Å². The highest BCUT2D eigenvalue weighted by molar-refractivity contribution is 9.11. The van der Waals surface area contributed by atoms with Crippen LogP contribution >= 0.6 is 27.3 Å². The first-order valence-electron chi connectivity index (χ1n) is 9.08. The number of piperazine rings is 1. The van der Waals surface area contributed by atoms with E-state index in [2.05, 4.69) is 31.0 Å². The highest BCUT2D eigenvalue weighted by atomic mass is 79.9. The molecule has 0 bridgehead atoms. The van der Waals surface area contributed by atoms with Gasteiger partial charge >= 0.3 is 0 Å². The van der Waals surface area contributed by atoms with Crippen molar-refractivity contribution in [2.45, 2.75) is 17.1 Å². The minimum atomic E-state index is -3.52. The van der Waals surface area contributed by atoms with Crippen LogP contribution in [0.5, 0.6) is 0 Å². The molecule has 0 aliphatic carbocycles. The topological polar surface area (TPSA) is 86.7 Å². The number of halogens is 1. The third-order valence-corrected chi connectivity index (χ3v) is 8.96. The van der Waals surface area contributed by atoms with Crippen LogP contribution in [0.3, 0.4) is 0 Å². The number of thiophene rings is 1. The lowest BCUT2D eigenvalue weighted by Crippen LogP contribution is -2.50. The van der Waals surface area contributed by atoms with Gasteiger partial charge in [0.1, 0.15) is 4.21 Å². The van der Waals surface area contributed by atoms with Crippen molar-refractivity contribution in [3.8, 4) is 0 Å². The van der Waals surface area contributed by atoms with Crippen LogP contribution < -0.4 is 4.90 Å². The van der Waals surface area contributed by atoms with E-state index in [0.29, 0.717) is 23.0 Å². The molecule has 0 unspecified atom stereocenters. The first-order valence-corrected chi connectivity index (χ1v) is 12.1. The third-order valence-electron chi connectivity index (χ3n) is 4.97. The normalized spacial score (nSPS) is 18.6. The number of hydrogen-bond acceptors (Lipinski definition) is 7. The lowest BCUT2D eigenvalue weighted by Gasteiger charge is -2.33. The number of carbonyl (C=O) groups excluding carboxylic acids is 1. The second-order valence-corrected chi connectivity index (χ2v) is 11.4. The third kappa shape index (κ3) is 3.93. The maximum atomic E-state index is 12.7. The number of aromatic nitrogens is 2. The van der Waals surface area contributed by atoms with Gasteiger partial charge in [0.25, 0.3) is 15.9 Å². The lowest BCUT2D eigenvalue weighted by atomic mass is 10.3. The molecule has 0 aromatic carbocycles. The van der Waals surface area contributed by atoms with E-state index in [4.69, 9.17) is 0 Å². The van der Waals surface area contributed by atoms with Crippen molar-refractivity contribution in [3.05, 3.63) is 33.7 Å². The fraction of sp³-hybridized carbons (Fsp3) is 0.471. The molecule has 4 rings (SSSR count). The van der Waals surface area contributed by atoms with Gasteiger partial charge in [-0.15, -0.1) is 21.5 Å². The van der Waals surface area contributed by atoms with Gasteiger partial charge in [-0.05, 0) is 53.0 Å². The molecular weight excluding hydrogens is 466 g/mol. The maximum Gasteiger partial charge on any atom is 0.274 e. The zero-order valence-electron chi connectivity index (χ0n) is 15.1. The molecule has 0 radical (unpaired) electrons. The molecule has 28 heavy (non-hydrogen) atoms. The molecule has 1 amide bonds. The van der Waals surface area contributed by atoms with Crippen molar-refractivity contribution in [1.29, 1.82) is 0 Å². The Morgan fingerprint density at radius 1 is 0.964 bits per heavy atom. The number of rotatable bonds is 4. The predicted molar refractivity (Wildman–Crippen MR) is 110 cm³/mol. The van der Waals surface area contributed by atoms with Crippen molar-refractivity contribution in [2.24, 2.45) is 0 Å². The highest BCUT2D eigenvalue weighted by Gasteiger charge is 2.31. The van der Waals surface area contributed by atoms with Crippen LogP contribution in [0.1, 0.15) is 23.3 Å². The molecule has 2 aromatic heterocycles. The minimum Gasteiger partial charge on any atom is -0.355 e. The van der Waals surface area contributed by atoms with Crippen LogP contribution in [0, 0.1) is 0 Å². The molecule has 2 aliphatic heterocycles. The second kappa shape index (κ2) is 8.05. The standard InChI is InChI=1S/C17H20BrN5O3S2/c18-14-4-6-16(27-14)28(25,26)23-11-9-22(10-12-23)17(24)13-3-5-15(20-19-13)21-7-1-2-8-21/h3-6H,1-2,7-12H2. The van der Waals surface area contributed by atoms with Gasteiger partial charge in [0.2, 0.25) is 0 Å². The fourth-order valence-corrected chi connectivity index (χ4v) is 7.00. The molecule has 2 aromatic rings. The Hall–Kier alpha value is -1.56. The first kappa shape index (κ1) is 19.7. The van der Waals surface area contributed by atoms with E-state index >= 15 is 0 Å². The van der Waals surface area contributed by atoms with E-state index < -0.39 is 10.0 Å². The van der Waals surface area contributed by atoms with Gasteiger partial charge < -0.3 is 9.80 Å². The van der Waals surface area contributed by atoms with Gasteiger partial charge in [-0.2, -0.15) is 4.31 Å². The Morgan fingerprint density at radius 3 is 2.25 bits per heavy atom. The summed E-state index contributed by atoms with van der Waals surface area (Å²) in [6, 6.07) is 6.86. The molecule has 2 saturated heterocycles. The Balaban J connectivity index is 1.38. The first-order chi connectivity index (χ1) is 13.4. The fourth-order valence-electron chi connectivity index (χ4n) is 3.41. The van der Waals surface area contributed by atoms with Crippen molar-refractivity contribution in [1.82, 2.24) is 19.4 Å². The number of sulfonamides is 1. The Bertz CT molecular complexity index is 949. The Kier molecular flexibility index (Phi) is 5.68. The summed E-state index contributed by atoms with van der Waals surface area (Å²) in [5.41, 5.74) is 0.293. The summed E-state index contributed by atoms with van der Waals surface area (Å²) in [6.07, 6.45) is 2.30. The molecule has 2 aliphatic rings. The molecule has 2 fully saturated rings. The van der Waals surface area contributed by atoms with Gasteiger partial charge in [0.05, 0.1) is 3.79 Å². The predicted octanol–water partition coefficient (Wildman–Crippen LogP) is 2.05. The van der Waals surface area contributed by atoms with Crippen LogP contribution in [0.4, 0.5) is 5.82 Å². The van der Waals surface area contributed by atoms with Gasteiger partial charge in [-0.25, -0.2) is 8.42 Å². The molecule has 0 spiro atoms. The van der Waals surface area contributed by atoms with Gasteiger partial charge in [0, 0.05) is 39.3 Å². The van der Waals surface area contributed by atoms with Crippen molar-refractivity contribution in [3.63, 3.8) is 0 Å².